The van der Waals surface area contributed by atoms with E-state index in [1.165, 1.54) is 7.11 Å². The molecule has 0 saturated heterocycles. The van der Waals surface area contributed by atoms with Gasteiger partial charge in [-0.05, 0) is 0 Å². The Morgan fingerprint density at radius 3 is 1.39 bits per heavy atom. The van der Waals surface area contributed by atoms with Crippen LogP contribution in [-0.2, 0) is 25.6 Å². The minimum absolute atomic E-state index is 0.0552. The van der Waals surface area contributed by atoms with Gasteiger partial charge in [-0.15, -0.1) is 0 Å². The Balaban J connectivity index is 1.95. The van der Waals surface area contributed by atoms with Gasteiger partial charge >= 0.3 is 0 Å². The van der Waals surface area contributed by atoms with E-state index >= 15 is 0 Å². The molecule has 2 rings (SSSR count). The summed E-state index contributed by atoms with van der Waals surface area (Å²) in [6.07, 6.45) is 0. The minimum Gasteiger partial charge on any atom is -0.376 e. The van der Waals surface area contributed by atoms with Gasteiger partial charge in [-0.1, -0.05) is 0 Å². The van der Waals surface area contributed by atoms with Crippen LogP contribution in [0.3, 0.4) is 0 Å². The molecule has 2 aromatic heterocycles. The molecule has 0 unspecified atom stereocenters. The van der Waals surface area contributed by atoms with Crippen LogP contribution in [0.15, 0.2) is 0 Å². The molecule has 0 radical (unpaired) electrons. The summed E-state index contributed by atoms with van der Waals surface area (Å²) < 4.78 is 20.4. The third-order valence-electron chi connectivity index (χ3n) is 3.24. The van der Waals surface area contributed by atoms with Crippen LogP contribution in [-0.4, -0.2) is 90.0 Å². The molecule has 0 fully saturated rings. The molecule has 0 saturated carbocycles. The number of nitrogens with zero attached hydrogens (tertiary/aromatic N) is 6. The van der Waals surface area contributed by atoms with E-state index in [4.69, 9.17) is 24.1 Å². The zero-order valence-corrected chi connectivity index (χ0v) is 17.5. The molecular formula is C15H27N11O5. The molecule has 172 valence electrons. The lowest BCUT2D eigenvalue weighted by Crippen LogP contribution is -2.17. The number of nitrogens with one attached hydrogen (secondary N) is 5. The van der Waals surface area contributed by atoms with Crippen molar-refractivity contribution in [3.05, 3.63) is 5.82 Å². The van der Waals surface area contributed by atoms with Gasteiger partial charge < -0.3 is 50.6 Å². The van der Waals surface area contributed by atoms with Crippen molar-refractivity contribution >= 4 is 29.7 Å². The van der Waals surface area contributed by atoms with E-state index < -0.39 is 0 Å². The number of hydrogen-bond acceptors (Lipinski definition) is 16. The lowest BCUT2D eigenvalue weighted by Gasteiger charge is -2.11. The van der Waals surface area contributed by atoms with E-state index in [0.29, 0.717) is 17.7 Å². The van der Waals surface area contributed by atoms with Gasteiger partial charge in [0, 0.05) is 21.3 Å². The molecule has 31 heavy (non-hydrogen) atoms. The summed E-state index contributed by atoms with van der Waals surface area (Å²) in [6.45, 7) is 0.482. The first-order chi connectivity index (χ1) is 15.2. The number of hydrogen-bond donors (Lipinski definition) is 6. The number of rotatable bonds is 16. The second kappa shape index (κ2) is 13.9. The highest BCUT2D eigenvalue weighted by Crippen LogP contribution is 2.10. The summed E-state index contributed by atoms with van der Waals surface area (Å²) in [5.41, 5.74) is 0. The Hall–Kier alpha value is -3.18. The van der Waals surface area contributed by atoms with Crippen molar-refractivity contribution in [2.75, 3.05) is 81.6 Å². The number of aliphatic hydroxyl groups excluding tert-OH is 1. The fourth-order valence-corrected chi connectivity index (χ4v) is 1.99. The Morgan fingerprint density at radius 1 is 0.581 bits per heavy atom. The quantitative estimate of drug-likeness (QED) is 0.138. The van der Waals surface area contributed by atoms with Gasteiger partial charge in [0.1, 0.15) is 40.3 Å². The standard InChI is InChI=1S/C15H27N11O5/c1-28-6-17-12-21-10(22-13(25-12)18-7-29-2)4-31-9-20-15-24-11(16-5-27)23-14(26-15)19-8-30-3/h27H,4-9H2,1-3H3,(H2,17,18,21,22,25)(H3,16,19,20,23,24,26). The smallest absolute Gasteiger partial charge is 0.231 e. The van der Waals surface area contributed by atoms with E-state index in [0.717, 1.165) is 0 Å². The van der Waals surface area contributed by atoms with Crippen molar-refractivity contribution in [1.29, 1.82) is 0 Å². The first-order valence-electron chi connectivity index (χ1n) is 9.04. The molecule has 16 heteroatoms. The molecule has 0 atom stereocenters. The van der Waals surface area contributed by atoms with Crippen molar-refractivity contribution in [2.45, 2.75) is 6.61 Å². The highest BCUT2D eigenvalue weighted by Gasteiger charge is 2.08. The van der Waals surface area contributed by atoms with Crippen molar-refractivity contribution in [3.63, 3.8) is 0 Å². The van der Waals surface area contributed by atoms with Gasteiger partial charge in [0.15, 0.2) is 5.82 Å². The zero-order valence-electron chi connectivity index (χ0n) is 17.5. The molecule has 0 aliphatic rings. The normalized spacial score (nSPS) is 10.6. The zero-order chi connectivity index (χ0) is 22.3. The van der Waals surface area contributed by atoms with Crippen LogP contribution in [0, 0.1) is 0 Å². The SMILES string of the molecule is COCNc1nc(COCNc2nc(NCO)nc(NCOC)n2)nc(NCOC)n1. The molecule has 0 aliphatic carbocycles. The maximum absolute atomic E-state index is 9.02. The molecule has 0 amide bonds. The van der Waals surface area contributed by atoms with Crippen LogP contribution >= 0.6 is 0 Å². The molecule has 2 heterocycles. The van der Waals surface area contributed by atoms with Crippen LogP contribution in [0.1, 0.15) is 5.82 Å². The third kappa shape index (κ3) is 9.01. The predicted octanol–water partition coefficient (Wildman–Crippen LogP) is -0.948. The van der Waals surface area contributed by atoms with E-state index in [9.17, 15) is 0 Å². The van der Waals surface area contributed by atoms with Gasteiger partial charge in [-0.25, -0.2) is 0 Å². The average Bonchev–Trinajstić information content (AvgIpc) is 2.78. The van der Waals surface area contributed by atoms with E-state index in [1.807, 2.05) is 0 Å². The van der Waals surface area contributed by atoms with E-state index in [1.54, 1.807) is 14.2 Å². The van der Waals surface area contributed by atoms with E-state index in [-0.39, 0.29) is 58.1 Å². The number of methoxy groups -OCH3 is 3. The Bertz CT molecular complexity index is 759. The summed E-state index contributed by atoms with van der Waals surface area (Å²) in [7, 11) is 4.63. The maximum Gasteiger partial charge on any atom is 0.231 e. The molecule has 6 N–H and O–H groups in total. The monoisotopic (exact) mass is 441 g/mol. The second-order valence-electron chi connectivity index (χ2n) is 5.54. The van der Waals surface area contributed by atoms with Crippen LogP contribution in [0.5, 0.6) is 0 Å². The molecule has 0 aliphatic heterocycles. The summed E-state index contributed by atoms with van der Waals surface area (Å²) in [6, 6.07) is 0. The maximum atomic E-state index is 9.02. The Kier molecular flexibility index (Phi) is 10.8. The molecule has 0 spiro atoms. The molecule has 2 aromatic rings. The number of aliphatic hydroxyl groups is 1. The van der Waals surface area contributed by atoms with Crippen LogP contribution in [0.2, 0.25) is 0 Å². The summed E-state index contributed by atoms with van der Waals surface area (Å²) in [4.78, 5) is 25.1. The van der Waals surface area contributed by atoms with Crippen molar-refractivity contribution in [3.8, 4) is 0 Å². The largest absolute Gasteiger partial charge is 0.376 e. The third-order valence-corrected chi connectivity index (χ3v) is 3.24. The van der Waals surface area contributed by atoms with Gasteiger partial charge in [-0.2, -0.15) is 29.9 Å². The van der Waals surface area contributed by atoms with Crippen molar-refractivity contribution < 1.29 is 24.1 Å². The number of anilines is 5. The van der Waals surface area contributed by atoms with Gasteiger partial charge in [-0.3, -0.25) is 0 Å². The minimum atomic E-state index is -0.331. The van der Waals surface area contributed by atoms with Crippen LogP contribution in [0.4, 0.5) is 29.7 Å². The summed E-state index contributed by atoms with van der Waals surface area (Å²) in [5.74, 6) is 1.70. The molecule has 0 bridgehead atoms. The summed E-state index contributed by atoms with van der Waals surface area (Å²) in [5, 5.41) is 23.2. The first-order valence-corrected chi connectivity index (χ1v) is 9.04. The first kappa shape index (κ1) is 24.1. The number of ether oxygens (including phenoxy) is 4. The van der Waals surface area contributed by atoms with Gasteiger partial charge in [0.05, 0.1) is 0 Å². The highest BCUT2D eigenvalue weighted by molar-refractivity contribution is 5.41. The predicted molar refractivity (Wildman–Crippen MR) is 110 cm³/mol. The van der Waals surface area contributed by atoms with Crippen LogP contribution in [0.25, 0.3) is 0 Å². The van der Waals surface area contributed by atoms with Crippen LogP contribution < -0.4 is 26.6 Å². The number of aromatic nitrogens is 6. The van der Waals surface area contributed by atoms with Crippen molar-refractivity contribution in [1.82, 2.24) is 29.9 Å². The second-order valence-corrected chi connectivity index (χ2v) is 5.54. The fourth-order valence-electron chi connectivity index (χ4n) is 1.99. The topological polar surface area (TPSA) is 195 Å². The lowest BCUT2D eigenvalue weighted by molar-refractivity contribution is 0.132. The highest BCUT2D eigenvalue weighted by atomic mass is 16.5. The lowest BCUT2D eigenvalue weighted by atomic mass is 10.6. The van der Waals surface area contributed by atoms with Crippen molar-refractivity contribution in [2.24, 2.45) is 0 Å². The van der Waals surface area contributed by atoms with E-state index in [2.05, 4.69) is 56.5 Å². The Labute approximate surface area is 178 Å². The average molecular weight is 441 g/mol. The molecule has 16 nitrogen and oxygen atoms in total. The fraction of sp³-hybridized carbons (Fsp3) is 0.600. The molecular weight excluding hydrogens is 414 g/mol. The summed E-state index contributed by atoms with van der Waals surface area (Å²) >= 11 is 0. The molecule has 0 aromatic carbocycles. The Morgan fingerprint density at radius 2 is 0.968 bits per heavy atom. The van der Waals surface area contributed by atoms with Gasteiger partial charge in [0.2, 0.25) is 29.7 Å². The van der Waals surface area contributed by atoms with Gasteiger partial charge in [0.25, 0.3) is 0 Å².